The van der Waals surface area contributed by atoms with E-state index in [-0.39, 0.29) is 11.4 Å². The first-order valence-electron chi connectivity index (χ1n) is 7.08. The number of rotatable bonds is 2. The van der Waals surface area contributed by atoms with E-state index in [0.717, 1.165) is 37.6 Å². The zero-order valence-corrected chi connectivity index (χ0v) is 13.4. The maximum absolute atomic E-state index is 11.2. The third kappa shape index (κ3) is 3.93. The molecule has 6 heteroatoms. The van der Waals surface area contributed by atoms with Crippen molar-refractivity contribution < 1.29 is 4.79 Å². The highest BCUT2D eigenvalue weighted by molar-refractivity contribution is 7.11. The number of primary amides is 1. The van der Waals surface area contributed by atoms with Gasteiger partial charge in [-0.25, -0.2) is 9.78 Å². The van der Waals surface area contributed by atoms with Crippen LogP contribution < -0.4 is 5.73 Å². The van der Waals surface area contributed by atoms with Crippen molar-refractivity contribution in [2.45, 2.75) is 39.2 Å². The summed E-state index contributed by atoms with van der Waals surface area (Å²) in [6.07, 6.45) is 2.97. The van der Waals surface area contributed by atoms with Crippen molar-refractivity contribution in [3.63, 3.8) is 0 Å². The van der Waals surface area contributed by atoms with Gasteiger partial charge in [-0.3, -0.25) is 4.90 Å². The topological polar surface area (TPSA) is 62.5 Å². The molecule has 1 aliphatic rings. The lowest BCUT2D eigenvalue weighted by Gasteiger charge is -2.19. The van der Waals surface area contributed by atoms with Crippen LogP contribution in [0.2, 0.25) is 0 Å². The molecular formula is C14H24N4OS. The molecule has 112 valence electrons. The number of hydrogen-bond acceptors (Lipinski definition) is 4. The molecule has 2 heterocycles. The number of carbonyl (C=O) groups excluding carboxylic acids is 1. The van der Waals surface area contributed by atoms with E-state index in [4.69, 9.17) is 5.73 Å². The zero-order valence-electron chi connectivity index (χ0n) is 12.6. The highest BCUT2D eigenvalue weighted by Crippen LogP contribution is 2.28. The normalized spacial score (nSPS) is 18.1. The van der Waals surface area contributed by atoms with Gasteiger partial charge in [0.05, 0.1) is 6.54 Å². The van der Waals surface area contributed by atoms with Gasteiger partial charge in [-0.15, -0.1) is 11.3 Å². The Bertz CT molecular complexity index is 466. The number of nitrogens with zero attached hydrogens (tertiary/aromatic N) is 3. The lowest BCUT2D eigenvalue weighted by atomic mass is 9.96. The Morgan fingerprint density at radius 2 is 2.10 bits per heavy atom. The fourth-order valence-corrected chi connectivity index (χ4v) is 3.29. The number of amides is 2. The first-order valence-corrected chi connectivity index (χ1v) is 7.90. The SMILES string of the molecule is CC(C)(C)c1cnc(CN2CCCN(C(N)=O)CC2)s1. The smallest absolute Gasteiger partial charge is 0.314 e. The monoisotopic (exact) mass is 296 g/mol. The standard InChI is InChI=1S/C14H24N4OS/c1-14(2,3)11-9-16-12(20-11)10-17-5-4-6-18(8-7-17)13(15)19/h9H,4-8,10H2,1-3H3,(H2,15,19). The maximum Gasteiger partial charge on any atom is 0.314 e. The van der Waals surface area contributed by atoms with E-state index in [0.29, 0.717) is 6.54 Å². The Kier molecular flexibility index (Phi) is 4.65. The fourth-order valence-electron chi connectivity index (χ4n) is 2.27. The Morgan fingerprint density at radius 1 is 1.35 bits per heavy atom. The van der Waals surface area contributed by atoms with Gasteiger partial charge in [0, 0.05) is 37.3 Å². The summed E-state index contributed by atoms with van der Waals surface area (Å²) in [7, 11) is 0. The zero-order chi connectivity index (χ0) is 14.8. The average Bonchev–Trinajstić information content (AvgIpc) is 2.68. The molecule has 0 saturated carbocycles. The van der Waals surface area contributed by atoms with Gasteiger partial charge in [-0.05, 0) is 11.8 Å². The molecule has 5 nitrogen and oxygen atoms in total. The molecule has 1 aromatic heterocycles. The molecular weight excluding hydrogens is 272 g/mol. The number of nitrogens with two attached hydrogens (primary N) is 1. The van der Waals surface area contributed by atoms with Crippen molar-refractivity contribution in [3.8, 4) is 0 Å². The summed E-state index contributed by atoms with van der Waals surface area (Å²) in [5, 5.41) is 1.16. The molecule has 0 aromatic carbocycles. The molecule has 2 N–H and O–H groups in total. The first-order chi connectivity index (χ1) is 9.36. The van der Waals surface area contributed by atoms with Crippen molar-refractivity contribution in [2.75, 3.05) is 26.2 Å². The minimum absolute atomic E-state index is 0.164. The summed E-state index contributed by atoms with van der Waals surface area (Å²) in [5.74, 6) is 0. The molecule has 1 fully saturated rings. The van der Waals surface area contributed by atoms with Crippen LogP contribution in [0.4, 0.5) is 4.79 Å². The summed E-state index contributed by atoms with van der Waals surface area (Å²) in [5.41, 5.74) is 5.51. The van der Waals surface area contributed by atoms with E-state index in [2.05, 4.69) is 30.7 Å². The van der Waals surface area contributed by atoms with Gasteiger partial charge in [0.2, 0.25) is 0 Å². The van der Waals surface area contributed by atoms with Crippen LogP contribution in [-0.2, 0) is 12.0 Å². The predicted molar refractivity (Wildman–Crippen MR) is 81.9 cm³/mol. The van der Waals surface area contributed by atoms with Crippen molar-refractivity contribution in [1.29, 1.82) is 0 Å². The first kappa shape index (κ1) is 15.3. The third-order valence-electron chi connectivity index (χ3n) is 3.55. The van der Waals surface area contributed by atoms with Gasteiger partial charge < -0.3 is 10.6 Å². The van der Waals surface area contributed by atoms with Crippen molar-refractivity contribution >= 4 is 17.4 Å². The number of carbonyl (C=O) groups is 1. The van der Waals surface area contributed by atoms with Crippen LogP contribution in [-0.4, -0.2) is 47.0 Å². The van der Waals surface area contributed by atoms with Crippen LogP contribution in [0.25, 0.3) is 0 Å². The Balaban J connectivity index is 1.93. The van der Waals surface area contributed by atoms with Crippen LogP contribution >= 0.6 is 11.3 Å². The van der Waals surface area contributed by atoms with E-state index in [1.165, 1.54) is 4.88 Å². The van der Waals surface area contributed by atoms with Gasteiger partial charge in [0.25, 0.3) is 0 Å². The van der Waals surface area contributed by atoms with E-state index in [1.807, 2.05) is 6.20 Å². The summed E-state index contributed by atoms with van der Waals surface area (Å²) in [6, 6.07) is -0.309. The molecule has 0 spiro atoms. The predicted octanol–water partition coefficient (Wildman–Crippen LogP) is 2.03. The molecule has 0 unspecified atom stereocenters. The summed E-state index contributed by atoms with van der Waals surface area (Å²) < 4.78 is 0. The minimum Gasteiger partial charge on any atom is -0.351 e. The van der Waals surface area contributed by atoms with E-state index >= 15 is 0 Å². The number of urea groups is 1. The van der Waals surface area contributed by atoms with Crippen LogP contribution in [0.3, 0.4) is 0 Å². The lowest BCUT2D eigenvalue weighted by Crippen LogP contribution is -2.38. The Hall–Kier alpha value is -1.14. The quantitative estimate of drug-likeness (QED) is 0.908. The van der Waals surface area contributed by atoms with Crippen molar-refractivity contribution in [1.82, 2.24) is 14.8 Å². The molecule has 20 heavy (non-hydrogen) atoms. The molecule has 1 aliphatic heterocycles. The molecule has 2 rings (SSSR count). The lowest BCUT2D eigenvalue weighted by molar-refractivity contribution is 0.207. The average molecular weight is 296 g/mol. The minimum atomic E-state index is -0.309. The second-order valence-electron chi connectivity index (χ2n) is 6.32. The van der Waals surface area contributed by atoms with Crippen LogP contribution in [0.15, 0.2) is 6.20 Å². The second kappa shape index (κ2) is 6.10. The molecule has 2 amide bonds. The van der Waals surface area contributed by atoms with Gasteiger partial charge in [0.1, 0.15) is 5.01 Å². The molecule has 0 radical (unpaired) electrons. The maximum atomic E-state index is 11.2. The van der Waals surface area contributed by atoms with Crippen LogP contribution in [0.5, 0.6) is 0 Å². The molecule has 0 aliphatic carbocycles. The van der Waals surface area contributed by atoms with Crippen molar-refractivity contribution in [3.05, 3.63) is 16.1 Å². The fraction of sp³-hybridized carbons (Fsp3) is 0.714. The highest BCUT2D eigenvalue weighted by Gasteiger charge is 2.20. The van der Waals surface area contributed by atoms with Gasteiger partial charge in [-0.1, -0.05) is 20.8 Å². The highest BCUT2D eigenvalue weighted by atomic mass is 32.1. The second-order valence-corrected chi connectivity index (χ2v) is 7.44. The van der Waals surface area contributed by atoms with Crippen LogP contribution in [0, 0.1) is 0 Å². The summed E-state index contributed by atoms with van der Waals surface area (Å²) in [4.78, 5) is 21.1. The van der Waals surface area contributed by atoms with Gasteiger partial charge >= 0.3 is 6.03 Å². The van der Waals surface area contributed by atoms with E-state index < -0.39 is 0 Å². The van der Waals surface area contributed by atoms with E-state index in [1.54, 1.807) is 16.2 Å². The van der Waals surface area contributed by atoms with E-state index in [9.17, 15) is 4.79 Å². The third-order valence-corrected chi connectivity index (χ3v) is 4.96. The largest absolute Gasteiger partial charge is 0.351 e. The summed E-state index contributed by atoms with van der Waals surface area (Å²) >= 11 is 1.79. The summed E-state index contributed by atoms with van der Waals surface area (Å²) in [6.45, 7) is 10.8. The van der Waals surface area contributed by atoms with Crippen molar-refractivity contribution in [2.24, 2.45) is 5.73 Å². The molecule has 1 saturated heterocycles. The van der Waals surface area contributed by atoms with Gasteiger partial charge in [0.15, 0.2) is 0 Å². The molecule has 0 atom stereocenters. The Labute approximate surface area is 124 Å². The molecule has 1 aromatic rings. The number of hydrogen-bond donors (Lipinski definition) is 1. The Morgan fingerprint density at radius 3 is 2.70 bits per heavy atom. The van der Waals surface area contributed by atoms with Crippen LogP contribution in [0.1, 0.15) is 37.1 Å². The molecule has 0 bridgehead atoms. The van der Waals surface area contributed by atoms with Gasteiger partial charge in [-0.2, -0.15) is 0 Å². The number of aromatic nitrogens is 1. The number of thiazole rings is 1.